The van der Waals surface area contributed by atoms with Crippen LogP contribution in [0.1, 0.15) is 48.8 Å². The monoisotopic (exact) mass is 252 g/mol. The molecule has 0 bridgehead atoms. The highest BCUT2D eigenvalue weighted by atomic mass is 16.6. The number of aryl methyl sites for hydroxylation is 2. The number of aromatic nitrogens is 1. The van der Waals surface area contributed by atoms with Crippen LogP contribution in [0.2, 0.25) is 0 Å². The topological polar surface area (TPSA) is 71.2 Å². The third kappa shape index (κ3) is 3.43. The molecule has 1 aromatic rings. The van der Waals surface area contributed by atoms with Crippen LogP contribution in [-0.4, -0.2) is 17.5 Å². The fraction of sp³-hybridized carbons (Fsp3) is 0.538. The van der Waals surface area contributed by atoms with Gasteiger partial charge in [-0.1, -0.05) is 20.3 Å². The lowest BCUT2D eigenvalue weighted by molar-refractivity contribution is 0.0363. The molecule has 0 atom stereocenters. The number of rotatable bonds is 6. The van der Waals surface area contributed by atoms with Crippen LogP contribution in [0.15, 0.2) is 10.9 Å². The van der Waals surface area contributed by atoms with Crippen LogP contribution in [0.3, 0.4) is 0 Å². The van der Waals surface area contributed by atoms with Gasteiger partial charge in [-0.05, 0) is 31.4 Å². The highest BCUT2D eigenvalue weighted by molar-refractivity contribution is 5.93. The van der Waals surface area contributed by atoms with Gasteiger partial charge in [0.05, 0.1) is 6.61 Å². The zero-order chi connectivity index (χ0) is 13.5. The molecular formula is C13H20N2O3. The third-order valence-corrected chi connectivity index (χ3v) is 2.65. The van der Waals surface area contributed by atoms with Crippen molar-refractivity contribution < 1.29 is 9.63 Å². The molecule has 0 spiro atoms. The summed E-state index contributed by atoms with van der Waals surface area (Å²) in [7, 11) is 0. The van der Waals surface area contributed by atoms with Gasteiger partial charge in [-0.15, -0.1) is 0 Å². The van der Waals surface area contributed by atoms with E-state index < -0.39 is 5.91 Å². The molecule has 0 aliphatic heterocycles. The van der Waals surface area contributed by atoms with Crippen molar-refractivity contribution in [2.75, 3.05) is 6.61 Å². The number of hydrogen-bond donors (Lipinski definition) is 2. The standard InChI is InChI=1S/C13H20N2O3/c1-4-7-11-9(5-2)8-10(12(16)14-11)13(17)15-18-6-3/h8H,4-7H2,1-3H3,(H,14,16)(H,15,17). The highest BCUT2D eigenvalue weighted by Gasteiger charge is 2.13. The van der Waals surface area contributed by atoms with E-state index in [0.29, 0.717) is 6.61 Å². The van der Waals surface area contributed by atoms with Crippen molar-refractivity contribution in [1.82, 2.24) is 10.5 Å². The molecule has 5 heteroatoms. The van der Waals surface area contributed by atoms with Crippen molar-refractivity contribution in [1.29, 1.82) is 0 Å². The first-order chi connectivity index (χ1) is 8.63. The third-order valence-electron chi connectivity index (χ3n) is 2.65. The van der Waals surface area contributed by atoms with Crippen LogP contribution in [0.4, 0.5) is 0 Å². The van der Waals surface area contributed by atoms with Crippen molar-refractivity contribution in [3.8, 4) is 0 Å². The summed E-state index contributed by atoms with van der Waals surface area (Å²) in [6.45, 7) is 6.16. The van der Waals surface area contributed by atoms with E-state index in [4.69, 9.17) is 4.84 Å². The summed E-state index contributed by atoms with van der Waals surface area (Å²) < 4.78 is 0. The number of hydroxylamine groups is 1. The number of H-pyrrole nitrogens is 1. The van der Waals surface area contributed by atoms with E-state index >= 15 is 0 Å². The molecule has 0 aliphatic carbocycles. The van der Waals surface area contributed by atoms with Crippen LogP contribution >= 0.6 is 0 Å². The van der Waals surface area contributed by atoms with E-state index in [1.54, 1.807) is 13.0 Å². The van der Waals surface area contributed by atoms with Gasteiger partial charge in [-0.3, -0.25) is 14.4 Å². The van der Waals surface area contributed by atoms with E-state index in [2.05, 4.69) is 10.5 Å². The maximum absolute atomic E-state index is 11.8. The van der Waals surface area contributed by atoms with Gasteiger partial charge in [0.1, 0.15) is 5.56 Å². The predicted octanol–water partition coefficient (Wildman–Crippen LogP) is 1.57. The normalized spacial score (nSPS) is 10.4. The fourth-order valence-corrected chi connectivity index (χ4v) is 1.76. The Hall–Kier alpha value is -1.62. The molecule has 18 heavy (non-hydrogen) atoms. The maximum atomic E-state index is 11.8. The zero-order valence-electron chi connectivity index (χ0n) is 11.1. The van der Waals surface area contributed by atoms with E-state index in [0.717, 1.165) is 30.5 Å². The Balaban J connectivity index is 3.07. The molecule has 2 N–H and O–H groups in total. The molecule has 5 nitrogen and oxygen atoms in total. The van der Waals surface area contributed by atoms with Crippen molar-refractivity contribution in [2.24, 2.45) is 0 Å². The van der Waals surface area contributed by atoms with Gasteiger partial charge < -0.3 is 4.98 Å². The molecular weight excluding hydrogens is 232 g/mol. The van der Waals surface area contributed by atoms with Gasteiger partial charge >= 0.3 is 0 Å². The molecule has 100 valence electrons. The Labute approximate surface area is 107 Å². The minimum Gasteiger partial charge on any atom is -0.325 e. The fourth-order valence-electron chi connectivity index (χ4n) is 1.76. The second-order valence-electron chi connectivity index (χ2n) is 3.98. The average molecular weight is 252 g/mol. The maximum Gasteiger partial charge on any atom is 0.280 e. The summed E-state index contributed by atoms with van der Waals surface area (Å²) in [5.41, 5.74) is 3.88. The van der Waals surface area contributed by atoms with E-state index in [1.165, 1.54) is 0 Å². The molecule has 0 radical (unpaired) electrons. The van der Waals surface area contributed by atoms with Gasteiger partial charge in [0, 0.05) is 5.69 Å². The largest absolute Gasteiger partial charge is 0.325 e. The molecule has 1 amide bonds. The Kier molecular flexibility index (Phi) is 5.58. The number of carbonyl (C=O) groups excluding carboxylic acids is 1. The van der Waals surface area contributed by atoms with Crippen LogP contribution in [-0.2, 0) is 17.7 Å². The minimum absolute atomic E-state index is 0.0974. The first-order valence-corrected chi connectivity index (χ1v) is 6.31. The molecule has 0 saturated carbocycles. The summed E-state index contributed by atoms with van der Waals surface area (Å²) in [4.78, 5) is 31.1. The number of pyridine rings is 1. The summed E-state index contributed by atoms with van der Waals surface area (Å²) in [5, 5.41) is 0. The van der Waals surface area contributed by atoms with Crippen molar-refractivity contribution in [3.05, 3.63) is 33.2 Å². The quantitative estimate of drug-likeness (QED) is 0.755. The van der Waals surface area contributed by atoms with E-state index in [1.807, 2.05) is 13.8 Å². The number of nitrogens with one attached hydrogen (secondary N) is 2. The van der Waals surface area contributed by atoms with Gasteiger partial charge in [0.15, 0.2) is 0 Å². The molecule has 1 heterocycles. The Bertz CT molecular complexity index is 466. The minimum atomic E-state index is -0.504. The first-order valence-electron chi connectivity index (χ1n) is 6.31. The molecule has 1 aromatic heterocycles. The Morgan fingerprint density at radius 3 is 2.67 bits per heavy atom. The first kappa shape index (κ1) is 14.4. The van der Waals surface area contributed by atoms with Crippen molar-refractivity contribution in [3.63, 3.8) is 0 Å². The number of carbonyl (C=O) groups is 1. The van der Waals surface area contributed by atoms with Crippen LogP contribution < -0.4 is 11.0 Å². The second-order valence-corrected chi connectivity index (χ2v) is 3.98. The second kappa shape index (κ2) is 6.96. The Morgan fingerprint density at radius 2 is 2.11 bits per heavy atom. The number of aromatic amines is 1. The SMILES string of the molecule is CCCc1[nH]c(=O)c(C(=O)NOCC)cc1CC. The van der Waals surface area contributed by atoms with E-state index in [9.17, 15) is 9.59 Å². The molecule has 0 aromatic carbocycles. The van der Waals surface area contributed by atoms with Crippen LogP contribution in [0.25, 0.3) is 0 Å². The van der Waals surface area contributed by atoms with Crippen molar-refractivity contribution >= 4 is 5.91 Å². The molecule has 0 aliphatic rings. The van der Waals surface area contributed by atoms with Crippen LogP contribution in [0.5, 0.6) is 0 Å². The molecule has 0 fully saturated rings. The highest BCUT2D eigenvalue weighted by Crippen LogP contribution is 2.09. The lowest BCUT2D eigenvalue weighted by atomic mass is 10.0. The van der Waals surface area contributed by atoms with Gasteiger partial charge in [0.25, 0.3) is 11.5 Å². The average Bonchev–Trinajstić information content (AvgIpc) is 2.36. The summed E-state index contributed by atoms with van der Waals surface area (Å²) in [6.07, 6.45) is 2.54. The lowest BCUT2D eigenvalue weighted by Crippen LogP contribution is -2.30. The number of hydrogen-bond acceptors (Lipinski definition) is 3. The Morgan fingerprint density at radius 1 is 1.39 bits per heavy atom. The zero-order valence-corrected chi connectivity index (χ0v) is 11.1. The number of amides is 1. The van der Waals surface area contributed by atoms with Gasteiger partial charge in [-0.2, -0.15) is 0 Å². The summed E-state index contributed by atoms with van der Waals surface area (Å²) >= 11 is 0. The summed E-state index contributed by atoms with van der Waals surface area (Å²) in [5.74, 6) is -0.504. The lowest BCUT2D eigenvalue weighted by Gasteiger charge is -2.09. The summed E-state index contributed by atoms with van der Waals surface area (Å²) in [6, 6.07) is 1.65. The molecule has 1 rings (SSSR count). The van der Waals surface area contributed by atoms with Gasteiger partial charge in [0.2, 0.25) is 0 Å². The van der Waals surface area contributed by atoms with Crippen LogP contribution in [0, 0.1) is 0 Å². The molecule has 0 unspecified atom stereocenters. The predicted molar refractivity (Wildman–Crippen MR) is 69.5 cm³/mol. The van der Waals surface area contributed by atoms with Gasteiger partial charge in [-0.25, -0.2) is 5.48 Å². The molecule has 0 saturated heterocycles. The van der Waals surface area contributed by atoms with E-state index in [-0.39, 0.29) is 11.1 Å². The van der Waals surface area contributed by atoms with Crippen molar-refractivity contribution in [2.45, 2.75) is 40.0 Å². The smallest absolute Gasteiger partial charge is 0.280 e.